The van der Waals surface area contributed by atoms with Gasteiger partial charge in [-0.05, 0) is 125 Å². The van der Waals surface area contributed by atoms with E-state index in [0.717, 1.165) is 44.6 Å². The Bertz CT molecular complexity index is 4280. The minimum Gasteiger partial charge on any atom is -0.454 e. The molecule has 0 N–H and O–H groups in total. The Morgan fingerprint density at radius 2 is 0.896 bits per heavy atom. The third-order valence-electron chi connectivity index (χ3n) is 13.8. The van der Waals surface area contributed by atoms with Gasteiger partial charge >= 0.3 is 0 Å². The van der Waals surface area contributed by atoms with Crippen molar-refractivity contribution < 1.29 is 4.42 Å². The second-order valence-electron chi connectivity index (χ2n) is 17.5. The molecule has 12 aromatic carbocycles. The number of anilines is 3. The van der Waals surface area contributed by atoms with Crippen molar-refractivity contribution in [1.82, 2.24) is 0 Å². The molecule has 0 amide bonds. The van der Waals surface area contributed by atoms with Gasteiger partial charge in [-0.1, -0.05) is 188 Å². The van der Waals surface area contributed by atoms with Crippen molar-refractivity contribution in [3.63, 3.8) is 0 Å². The molecule has 0 bridgehead atoms. The molecule has 0 atom stereocenters. The van der Waals surface area contributed by atoms with Gasteiger partial charge in [0.15, 0.2) is 5.58 Å². The molecule has 2 aromatic heterocycles. The lowest BCUT2D eigenvalue weighted by atomic mass is 9.92. The Kier molecular flexibility index (Phi) is 8.49. The van der Waals surface area contributed by atoms with Crippen molar-refractivity contribution in [2.24, 2.45) is 0 Å². The molecule has 3 heteroatoms. The predicted octanol–water partition coefficient (Wildman–Crippen LogP) is 19.0. The first-order chi connectivity index (χ1) is 33.2. The zero-order valence-electron chi connectivity index (χ0n) is 36.3. The quantitative estimate of drug-likeness (QED) is 0.155. The van der Waals surface area contributed by atoms with Gasteiger partial charge in [0.25, 0.3) is 0 Å². The van der Waals surface area contributed by atoms with Gasteiger partial charge in [0.2, 0.25) is 0 Å². The van der Waals surface area contributed by atoms with Crippen LogP contribution in [0.5, 0.6) is 0 Å². The van der Waals surface area contributed by atoms with Crippen LogP contribution in [0.15, 0.2) is 241 Å². The zero-order chi connectivity index (χ0) is 44.0. The number of thiophene rings is 1. The van der Waals surface area contributed by atoms with Gasteiger partial charge in [-0.2, -0.15) is 0 Å². The highest BCUT2D eigenvalue weighted by Gasteiger charge is 2.25. The zero-order valence-corrected chi connectivity index (χ0v) is 37.1. The molecule has 14 aromatic rings. The van der Waals surface area contributed by atoms with Gasteiger partial charge in [0.1, 0.15) is 5.58 Å². The molecule has 0 radical (unpaired) electrons. The molecular formula is C64H39NOS. The van der Waals surface area contributed by atoms with Crippen LogP contribution in [0.1, 0.15) is 0 Å². The number of furan rings is 1. The topological polar surface area (TPSA) is 16.4 Å². The highest BCUT2D eigenvalue weighted by atomic mass is 32.1. The molecule has 67 heavy (non-hydrogen) atoms. The average Bonchev–Trinajstić information content (AvgIpc) is 3.99. The summed E-state index contributed by atoms with van der Waals surface area (Å²) in [6.07, 6.45) is 0. The van der Waals surface area contributed by atoms with Crippen LogP contribution >= 0.6 is 11.3 Å². The Hall–Kier alpha value is -8.50. The number of benzene rings is 12. The molecule has 0 fully saturated rings. The first kappa shape index (κ1) is 37.8. The van der Waals surface area contributed by atoms with E-state index in [4.69, 9.17) is 4.42 Å². The normalized spacial score (nSPS) is 11.9. The summed E-state index contributed by atoms with van der Waals surface area (Å²) >= 11 is 1.88. The fourth-order valence-corrected chi connectivity index (χ4v) is 12.0. The van der Waals surface area contributed by atoms with Crippen LogP contribution in [0, 0.1) is 0 Å². The van der Waals surface area contributed by atoms with Gasteiger partial charge in [0, 0.05) is 42.3 Å². The van der Waals surface area contributed by atoms with Gasteiger partial charge in [-0.15, -0.1) is 11.3 Å². The summed E-state index contributed by atoms with van der Waals surface area (Å²) in [5.41, 5.74) is 12.0. The minimum atomic E-state index is 0.848. The highest BCUT2D eigenvalue weighted by Crippen LogP contribution is 2.51. The Balaban J connectivity index is 1.02. The summed E-state index contributed by atoms with van der Waals surface area (Å²) < 4.78 is 9.72. The van der Waals surface area contributed by atoms with E-state index in [-0.39, 0.29) is 0 Å². The predicted molar refractivity (Wildman–Crippen MR) is 288 cm³/mol. The van der Waals surface area contributed by atoms with Gasteiger partial charge in [-0.25, -0.2) is 0 Å². The molecule has 312 valence electrons. The van der Waals surface area contributed by atoms with Crippen molar-refractivity contribution in [3.8, 4) is 33.4 Å². The fourth-order valence-electron chi connectivity index (χ4n) is 10.8. The van der Waals surface area contributed by atoms with Crippen molar-refractivity contribution >= 4 is 114 Å². The minimum absolute atomic E-state index is 0.848. The van der Waals surface area contributed by atoms with Crippen LogP contribution in [0.2, 0.25) is 0 Å². The molecule has 0 saturated carbocycles. The van der Waals surface area contributed by atoms with E-state index in [0.29, 0.717) is 0 Å². The fraction of sp³-hybridized carbons (Fsp3) is 0. The lowest BCUT2D eigenvalue weighted by molar-refractivity contribution is 0.669. The molecule has 0 saturated heterocycles. The monoisotopic (exact) mass is 869 g/mol. The van der Waals surface area contributed by atoms with E-state index in [1.54, 1.807) is 0 Å². The van der Waals surface area contributed by atoms with Crippen LogP contribution in [-0.4, -0.2) is 0 Å². The van der Waals surface area contributed by atoms with E-state index >= 15 is 0 Å². The van der Waals surface area contributed by atoms with E-state index in [1.165, 1.54) is 91.1 Å². The third kappa shape index (κ3) is 5.95. The average molecular weight is 870 g/mol. The van der Waals surface area contributed by atoms with Crippen LogP contribution in [0.3, 0.4) is 0 Å². The summed E-state index contributed by atoms with van der Waals surface area (Å²) in [4.78, 5) is 2.39. The summed E-state index contributed by atoms with van der Waals surface area (Å²) in [5, 5.41) is 14.6. The maximum atomic E-state index is 7.14. The highest BCUT2D eigenvalue weighted by molar-refractivity contribution is 7.26. The maximum Gasteiger partial charge on any atom is 0.160 e. The molecule has 0 spiro atoms. The summed E-state index contributed by atoms with van der Waals surface area (Å²) in [6, 6.07) is 86.4. The van der Waals surface area contributed by atoms with Crippen LogP contribution in [-0.2, 0) is 0 Å². The molecule has 2 nitrogen and oxygen atoms in total. The van der Waals surface area contributed by atoms with E-state index in [2.05, 4.69) is 241 Å². The Morgan fingerprint density at radius 3 is 1.72 bits per heavy atom. The molecule has 2 heterocycles. The first-order valence-corrected chi connectivity index (χ1v) is 23.7. The molecule has 0 unspecified atom stereocenters. The Morgan fingerprint density at radius 1 is 0.328 bits per heavy atom. The van der Waals surface area contributed by atoms with E-state index < -0.39 is 0 Å². The number of hydrogen-bond acceptors (Lipinski definition) is 3. The van der Waals surface area contributed by atoms with Crippen molar-refractivity contribution in [3.05, 3.63) is 237 Å². The van der Waals surface area contributed by atoms with Gasteiger partial charge < -0.3 is 9.32 Å². The van der Waals surface area contributed by atoms with Crippen LogP contribution < -0.4 is 4.90 Å². The van der Waals surface area contributed by atoms with E-state index in [1.807, 2.05) is 11.3 Å². The largest absolute Gasteiger partial charge is 0.454 e. The third-order valence-corrected chi connectivity index (χ3v) is 15.0. The number of hydrogen-bond donors (Lipinski definition) is 0. The van der Waals surface area contributed by atoms with E-state index in [9.17, 15) is 0 Å². The summed E-state index contributed by atoms with van der Waals surface area (Å²) in [5.74, 6) is 0. The number of fused-ring (bicyclic) bond motifs is 12. The number of para-hydroxylation sites is 1. The van der Waals surface area contributed by atoms with Gasteiger partial charge in [0.05, 0.1) is 5.69 Å². The lowest BCUT2D eigenvalue weighted by Crippen LogP contribution is -2.10. The lowest BCUT2D eigenvalue weighted by Gasteiger charge is -2.27. The van der Waals surface area contributed by atoms with Crippen molar-refractivity contribution in [1.29, 1.82) is 0 Å². The first-order valence-electron chi connectivity index (χ1n) is 22.9. The summed E-state index contributed by atoms with van der Waals surface area (Å²) in [7, 11) is 0. The summed E-state index contributed by atoms with van der Waals surface area (Å²) in [6.45, 7) is 0. The van der Waals surface area contributed by atoms with Crippen LogP contribution in [0.25, 0.3) is 119 Å². The molecule has 14 rings (SSSR count). The van der Waals surface area contributed by atoms with Crippen molar-refractivity contribution in [2.45, 2.75) is 0 Å². The molecular weight excluding hydrogens is 831 g/mol. The number of rotatable bonds is 6. The van der Waals surface area contributed by atoms with Crippen LogP contribution in [0.4, 0.5) is 17.1 Å². The molecule has 0 aliphatic rings. The van der Waals surface area contributed by atoms with Crippen molar-refractivity contribution in [2.75, 3.05) is 4.90 Å². The molecule has 0 aliphatic heterocycles. The maximum absolute atomic E-state index is 7.14. The van der Waals surface area contributed by atoms with Gasteiger partial charge in [-0.3, -0.25) is 0 Å². The smallest absolute Gasteiger partial charge is 0.160 e. The second-order valence-corrected chi connectivity index (χ2v) is 18.6. The second kappa shape index (κ2) is 15.0. The standard InChI is InChI=1S/C64H39NOS/c1-2-14-40(15-3-1)49-34-35-53(62-55-23-11-13-25-60(55)67-64(49)62)52-36-37-58(63-61(52)54-22-10-12-24-59(54)66-63)65(46-33-30-42-27-26-41-16-4-6-18-47(41)57(42)39-46)45-31-28-43(29-32-45)56-38-44-17-5-7-19-48(44)50-20-8-9-21-51(50)56/h1-39H. The molecule has 0 aliphatic carbocycles. The number of nitrogens with zero attached hydrogens (tertiary/aromatic N) is 1. The Labute approximate surface area is 390 Å². The SMILES string of the molecule is c1ccc(-c2ccc(-c3ccc(N(c4ccc(-c5cc6ccccc6c6ccccc56)cc4)c4ccc5ccc6ccccc6c5c4)c4oc5ccccc5c34)c3c2sc2ccccc23)cc1.